The van der Waals surface area contributed by atoms with E-state index in [4.69, 9.17) is 5.73 Å². The molecular weight excluding hydrogens is 280 g/mol. The van der Waals surface area contributed by atoms with Gasteiger partial charge in [0, 0.05) is 13.0 Å². The van der Waals surface area contributed by atoms with E-state index in [1.54, 1.807) is 18.2 Å². The highest BCUT2D eigenvalue weighted by molar-refractivity contribution is 7.89. The molecule has 1 aliphatic rings. The van der Waals surface area contributed by atoms with Crippen molar-refractivity contribution < 1.29 is 18.3 Å². The van der Waals surface area contributed by atoms with E-state index in [9.17, 15) is 18.3 Å². The van der Waals surface area contributed by atoms with Crippen LogP contribution in [0.3, 0.4) is 0 Å². The van der Waals surface area contributed by atoms with Gasteiger partial charge in [0.2, 0.25) is 15.9 Å². The van der Waals surface area contributed by atoms with Crippen LogP contribution >= 0.6 is 0 Å². The zero-order valence-corrected chi connectivity index (χ0v) is 12.0. The number of aliphatic hydroxyl groups excluding tert-OH is 1. The Morgan fingerprint density at radius 2 is 2.10 bits per heavy atom. The summed E-state index contributed by atoms with van der Waals surface area (Å²) in [6.07, 6.45) is -0.258. The van der Waals surface area contributed by atoms with Crippen molar-refractivity contribution in [3.8, 4) is 0 Å². The number of benzene rings is 1. The van der Waals surface area contributed by atoms with E-state index < -0.39 is 28.1 Å². The van der Waals surface area contributed by atoms with Gasteiger partial charge in [0.15, 0.2) is 0 Å². The lowest BCUT2D eigenvalue weighted by atomic mass is 10.2. The number of primary amides is 1. The lowest BCUT2D eigenvalue weighted by Gasteiger charge is -2.22. The molecule has 3 N–H and O–H groups in total. The van der Waals surface area contributed by atoms with E-state index in [-0.39, 0.29) is 17.9 Å². The second-order valence-electron chi connectivity index (χ2n) is 4.84. The van der Waals surface area contributed by atoms with Crippen LogP contribution < -0.4 is 5.73 Å². The van der Waals surface area contributed by atoms with Gasteiger partial charge in [-0.25, -0.2) is 8.42 Å². The van der Waals surface area contributed by atoms with Crippen molar-refractivity contribution in [1.29, 1.82) is 0 Å². The highest BCUT2D eigenvalue weighted by Crippen LogP contribution is 2.28. The minimum absolute atomic E-state index is 0.0445. The van der Waals surface area contributed by atoms with Crippen LogP contribution in [0.5, 0.6) is 0 Å². The van der Waals surface area contributed by atoms with Crippen LogP contribution in [0.25, 0.3) is 0 Å². The standard InChI is InChI=1S/C13H18N2O4S/c1-2-9-5-3-4-6-12(9)20(18,19)15-8-10(16)7-11(15)13(14)17/h3-6,10-11,16H,2,7-8H2,1H3,(H2,14,17)/t10-,11+/m1/s1. The SMILES string of the molecule is CCc1ccccc1S(=O)(=O)N1C[C@H](O)C[C@H]1C(N)=O. The monoisotopic (exact) mass is 298 g/mol. The van der Waals surface area contributed by atoms with Gasteiger partial charge >= 0.3 is 0 Å². The summed E-state index contributed by atoms with van der Waals surface area (Å²) in [6.45, 7) is 1.76. The first-order chi connectivity index (χ1) is 9.37. The Morgan fingerprint density at radius 1 is 1.45 bits per heavy atom. The number of aliphatic hydroxyl groups is 1. The first kappa shape index (κ1) is 15.0. The van der Waals surface area contributed by atoms with Gasteiger partial charge in [0.25, 0.3) is 0 Å². The molecule has 1 amide bonds. The predicted octanol–water partition coefficient (Wildman–Crippen LogP) is -0.142. The molecule has 1 aromatic rings. The van der Waals surface area contributed by atoms with Gasteiger partial charge in [0.1, 0.15) is 6.04 Å². The van der Waals surface area contributed by atoms with Crippen molar-refractivity contribution in [2.75, 3.05) is 6.54 Å². The number of β-amino-alcohol motifs (C(OH)–C–C–N with tert-alkyl or cyclic N) is 1. The van der Waals surface area contributed by atoms with E-state index in [2.05, 4.69) is 0 Å². The number of sulfonamides is 1. The number of rotatable bonds is 4. The van der Waals surface area contributed by atoms with E-state index in [1.807, 2.05) is 6.92 Å². The van der Waals surface area contributed by atoms with Crippen LogP contribution in [0.4, 0.5) is 0 Å². The smallest absolute Gasteiger partial charge is 0.244 e. The molecule has 2 atom stereocenters. The minimum atomic E-state index is -3.84. The molecule has 2 rings (SSSR count). The fourth-order valence-electron chi connectivity index (χ4n) is 2.48. The van der Waals surface area contributed by atoms with Crippen molar-refractivity contribution in [2.45, 2.75) is 36.8 Å². The summed E-state index contributed by atoms with van der Waals surface area (Å²) >= 11 is 0. The number of hydrogen-bond acceptors (Lipinski definition) is 4. The van der Waals surface area contributed by atoms with E-state index in [0.29, 0.717) is 12.0 Å². The van der Waals surface area contributed by atoms with E-state index in [1.165, 1.54) is 6.07 Å². The number of hydrogen-bond donors (Lipinski definition) is 2. The molecule has 0 aromatic heterocycles. The van der Waals surface area contributed by atoms with Crippen LogP contribution in [0.2, 0.25) is 0 Å². The van der Waals surface area contributed by atoms with Crippen LogP contribution in [0, 0.1) is 0 Å². The molecule has 0 unspecified atom stereocenters. The molecule has 20 heavy (non-hydrogen) atoms. The predicted molar refractivity (Wildman–Crippen MR) is 73.3 cm³/mol. The Bertz CT molecular complexity index is 615. The Kier molecular flexibility index (Phi) is 4.12. The number of carbonyl (C=O) groups is 1. The first-order valence-electron chi connectivity index (χ1n) is 6.45. The Hall–Kier alpha value is -1.44. The van der Waals surface area contributed by atoms with Gasteiger partial charge in [-0.15, -0.1) is 0 Å². The van der Waals surface area contributed by atoms with Crippen molar-refractivity contribution in [1.82, 2.24) is 4.31 Å². The molecule has 1 aromatic carbocycles. The molecule has 0 spiro atoms. The third-order valence-corrected chi connectivity index (χ3v) is 5.48. The Balaban J connectivity index is 2.46. The van der Waals surface area contributed by atoms with Crippen LogP contribution in [-0.4, -0.2) is 42.4 Å². The third-order valence-electron chi connectivity index (χ3n) is 3.50. The molecule has 1 heterocycles. The maximum atomic E-state index is 12.7. The number of nitrogens with two attached hydrogens (primary N) is 1. The fourth-order valence-corrected chi connectivity index (χ4v) is 4.42. The molecule has 110 valence electrons. The van der Waals surface area contributed by atoms with Gasteiger partial charge in [-0.1, -0.05) is 25.1 Å². The fraction of sp³-hybridized carbons (Fsp3) is 0.462. The summed E-state index contributed by atoms with van der Waals surface area (Å²) < 4.78 is 26.4. The van der Waals surface area contributed by atoms with Crippen molar-refractivity contribution in [2.24, 2.45) is 5.73 Å². The topological polar surface area (TPSA) is 101 Å². The highest BCUT2D eigenvalue weighted by Gasteiger charge is 2.42. The maximum Gasteiger partial charge on any atom is 0.244 e. The summed E-state index contributed by atoms with van der Waals surface area (Å²) in [6, 6.07) is 5.66. The van der Waals surface area contributed by atoms with Crippen molar-refractivity contribution >= 4 is 15.9 Å². The lowest BCUT2D eigenvalue weighted by Crippen LogP contribution is -2.43. The molecule has 1 saturated heterocycles. The molecule has 0 saturated carbocycles. The summed E-state index contributed by atoms with van der Waals surface area (Å²) in [5, 5.41) is 9.64. The summed E-state index contributed by atoms with van der Waals surface area (Å²) in [4.78, 5) is 11.6. The largest absolute Gasteiger partial charge is 0.392 e. The zero-order valence-electron chi connectivity index (χ0n) is 11.2. The molecule has 0 aliphatic carbocycles. The average molecular weight is 298 g/mol. The number of carbonyl (C=O) groups excluding carboxylic acids is 1. The molecule has 6 nitrogen and oxygen atoms in total. The molecular formula is C13H18N2O4S. The van der Waals surface area contributed by atoms with Crippen molar-refractivity contribution in [3.63, 3.8) is 0 Å². The minimum Gasteiger partial charge on any atom is -0.392 e. The van der Waals surface area contributed by atoms with Gasteiger partial charge in [-0.05, 0) is 18.1 Å². The van der Waals surface area contributed by atoms with Gasteiger partial charge in [-0.2, -0.15) is 4.31 Å². The van der Waals surface area contributed by atoms with Gasteiger partial charge in [-0.3, -0.25) is 4.79 Å². The second kappa shape index (κ2) is 5.51. The number of amides is 1. The number of nitrogens with zero attached hydrogens (tertiary/aromatic N) is 1. The zero-order chi connectivity index (χ0) is 14.9. The van der Waals surface area contributed by atoms with E-state index in [0.717, 1.165) is 4.31 Å². The third kappa shape index (κ3) is 2.56. The Labute approximate surface area is 118 Å². The molecule has 0 bridgehead atoms. The van der Waals surface area contributed by atoms with Gasteiger partial charge in [0.05, 0.1) is 11.0 Å². The van der Waals surface area contributed by atoms with Crippen LogP contribution in [0.15, 0.2) is 29.2 Å². The summed E-state index contributed by atoms with van der Waals surface area (Å²) in [5.41, 5.74) is 5.92. The average Bonchev–Trinajstić information content (AvgIpc) is 2.82. The van der Waals surface area contributed by atoms with Crippen LogP contribution in [0.1, 0.15) is 18.9 Å². The summed E-state index contributed by atoms with van der Waals surface area (Å²) in [5.74, 6) is -0.737. The van der Waals surface area contributed by atoms with Gasteiger partial charge < -0.3 is 10.8 Å². The normalized spacial score (nSPS) is 23.9. The van der Waals surface area contributed by atoms with Crippen molar-refractivity contribution in [3.05, 3.63) is 29.8 Å². The molecule has 0 radical (unpaired) electrons. The highest BCUT2D eigenvalue weighted by atomic mass is 32.2. The Morgan fingerprint density at radius 3 is 2.70 bits per heavy atom. The molecule has 7 heteroatoms. The molecule has 1 aliphatic heterocycles. The lowest BCUT2D eigenvalue weighted by molar-refractivity contribution is -0.121. The first-order valence-corrected chi connectivity index (χ1v) is 7.89. The quantitative estimate of drug-likeness (QED) is 0.807. The maximum absolute atomic E-state index is 12.7. The van der Waals surface area contributed by atoms with Crippen LogP contribution in [-0.2, 0) is 21.2 Å². The summed E-state index contributed by atoms with van der Waals surface area (Å²) in [7, 11) is -3.84. The molecule has 1 fully saturated rings. The second-order valence-corrected chi connectivity index (χ2v) is 6.70. The number of aryl methyl sites for hydroxylation is 1. The van der Waals surface area contributed by atoms with E-state index >= 15 is 0 Å².